The molecule has 1 unspecified atom stereocenters. The van der Waals surface area contributed by atoms with Gasteiger partial charge in [0.05, 0.1) is 23.6 Å². The first-order valence-corrected chi connectivity index (χ1v) is 9.86. The van der Waals surface area contributed by atoms with Crippen molar-refractivity contribution in [2.24, 2.45) is 0 Å². The molecule has 4 rings (SSSR count). The van der Waals surface area contributed by atoms with E-state index >= 15 is 0 Å². The molecule has 6 heteroatoms. The number of aliphatic hydroxyl groups is 1. The fourth-order valence-electron chi connectivity index (χ4n) is 3.78. The average molecular weight is 393 g/mol. The summed E-state index contributed by atoms with van der Waals surface area (Å²) in [5.74, 6) is 0.440. The van der Waals surface area contributed by atoms with Crippen molar-refractivity contribution in [1.82, 2.24) is 4.90 Å². The van der Waals surface area contributed by atoms with Crippen molar-refractivity contribution in [3.63, 3.8) is 0 Å². The molecule has 0 aliphatic carbocycles. The molecule has 1 aromatic heterocycles. The fraction of sp³-hybridized carbons (Fsp3) is 0.304. The number of carbonyl (C=O) groups is 1. The molecule has 1 amide bonds. The molecule has 1 atom stereocenters. The first kappa shape index (κ1) is 19.2. The number of hydrogen-bond acceptors (Lipinski definition) is 5. The molecule has 150 valence electrons. The number of aliphatic hydroxyl groups excluding tert-OH is 1. The Kier molecular flexibility index (Phi) is 5.36. The molecule has 2 aromatic carbocycles. The summed E-state index contributed by atoms with van der Waals surface area (Å²) in [6.07, 6.45) is 1.29. The Morgan fingerprint density at radius 3 is 2.76 bits per heavy atom. The van der Waals surface area contributed by atoms with E-state index in [1.807, 2.05) is 31.2 Å². The smallest absolute Gasteiger partial charge is 0.290 e. The van der Waals surface area contributed by atoms with Gasteiger partial charge in [0.1, 0.15) is 11.3 Å². The Hall–Kier alpha value is -3.12. The third kappa shape index (κ3) is 3.40. The largest absolute Gasteiger partial charge is 0.494 e. The molecule has 6 nitrogen and oxygen atoms in total. The monoisotopic (exact) mass is 393 g/mol. The fourth-order valence-corrected chi connectivity index (χ4v) is 3.78. The maximum atomic E-state index is 13.3. The minimum atomic E-state index is -0.574. The molecule has 2 heterocycles. The normalized spacial score (nSPS) is 15.7. The predicted molar refractivity (Wildman–Crippen MR) is 109 cm³/mol. The topological polar surface area (TPSA) is 80.0 Å². The van der Waals surface area contributed by atoms with Gasteiger partial charge in [-0.3, -0.25) is 9.59 Å². The van der Waals surface area contributed by atoms with Crippen LogP contribution in [-0.4, -0.2) is 35.7 Å². The molecule has 0 fully saturated rings. The van der Waals surface area contributed by atoms with Crippen molar-refractivity contribution in [2.75, 3.05) is 19.8 Å². The highest BCUT2D eigenvalue weighted by Gasteiger charge is 2.42. The van der Waals surface area contributed by atoms with E-state index in [2.05, 4.69) is 0 Å². The van der Waals surface area contributed by atoms with Crippen molar-refractivity contribution >= 4 is 16.9 Å². The van der Waals surface area contributed by atoms with Crippen molar-refractivity contribution in [1.29, 1.82) is 0 Å². The van der Waals surface area contributed by atoms with E-state index in [9.17, 15) is 14.7 Å². The summed E-state index contributed by atoms with van der Waals surface area (Å²) in [5.41, 5.74) is 1.32. The van der Waals surface area contributed by atoms with Gasteiger partial charge < -0.3 is 19.2 Å². The van der Waals surface area contributed by atoms with E-state index < -0.39 is 6.04 Å². The molecular formula is C23H23NO5. The molecule has 1 N–H and O–H groups in total. The third-order valence-corrected chi connectivity index (χ3v) is 5.08. The van der Waals surface area contributed by atoms with Crippen LogP contribution in [0.2, 0.25) is 0 Å². The Bertz CT molecular complexity index is 1100. The van der Waals surface area contributed by atoms with Crippen LogP contribution in [0.25, 0.3) is 11.0 Å². The van der Waals surface area contributed by atoms with Crippen LogP contribution in [-0.2, 0) is 0 Å². The lowest BCUT2D eigenvalue weighted by Crippen LogP contribution is -2.31. The van der Waals surface area contributed by atoms with Gasteiger partial charge in [-0.05, 0) is 42.7 Å². The van der Waals surface area contributed by atoms with E-state index in [0.717, 1.165) is 12.0 Å². The van der Waals surface area contributed by atoms with Crippen LogP contribution in [0.3, 0.4) is 0 Å². The highest BCUT2D eigenvalue weighted by Crippen LogP contribution is 2.39. The molecule has 0 radical (unpaired) electrons. The lowest BCUT2D eigenvalue weighted by atomic mass is 9.98. The van der Waals surface area contributed by atoms with Crippen LogP contribution >= 0.6 is 0 Å². The molecule has 1 aliphatic rings. The van der Waals surface area contributed by atoms with Crippen molar-refractivity contribution < 1.29 is 19.1 Å². The van der Waals surface area contributed by atoms with Gasteiger partial charge in [0.2, 0.25) is 5.76 Å². The molecule has 0 bridgehead atoms. The number of para-hydroxylation sites is 1. The third-order valence-electron chi connectivity index (χ3n) is 5.08. The highest BCUT2D eigenvalue weighted by atomic mass is 16.5. The summed E-state index contributed by atoms with van der Waals surface area (Å²) < 4.78 is 11.6. The van der Waals surface area contributed by atoms with E-state index in [-0.39, 0.29) is 23.7 Å². The number of carbonyl (C=O) groups excluding carboxylic acids is 1. The number of amides is 1. The summed E-state index contributed by atoms with van der Waals surface area (Å²) in [6.45, 7) is 2.89. The minimum Gasteiger partial charge on any atom is -0.494 e. The van der Waals surface area contributed by atoms with Gasteiger partial charge in [-0.15, -0.1) is 0 Å². The van der Waals surface area contributed by atoms with Crippen LogP contribution in [0.5, 0.6) is 5.75 Å². The molecule has 0 spiro atoms. The highest BCUT2D eigenvalue weighted by molar-refractivity contribution is 5.99. The van der Waals surface area contributed by atoms with Crippen LogP contribution in [0, 0.1) is 0 Å². The average Bonchev–Trinajstić information content (AvgIpc) is 3.03. The van der Waals surface area contributed by atoms with Crippen molar-refractivity contribution in [3.8, 4) is 5.75 Å². The Morgan fingerprint density at radius 2 is 1.97 bits per heavy atom. The van der Waals surface area contributed by atoms with Gasteiger partial charge in [-0.2, -0.15) is 0 Å². The number of rotatable bonds is 7. The SMILES string of the molecule is CCCOc1cccc(C2c3c(oc4ccccc4c3=O)C(=O)N2CCCO)c1. The summed E-state index contributed by atoms with van der Waals surface area (Å²) in [6, 6.07) is 13.8. The second-order valence-electron chi connectivity index (χ2n) is 7.07. The zero-order valence-corrected chi connectivity index (χ0v) is 16.3. The lowest BCUT2D eigenvalue weighted by Gasteiger charge is -2.25. The van der Waals surface area contributed by atoms with E-state index in [0.29, 0.717) is 41.9 Å². The predicted octanol–water partition coefficient (Wildman–Crippen LogP) is 3.51. The van der Waals surface area contributed by atoms with E-state index in [4.69, 9.17) is 9.15 Å². The van der Waals surface area contributed by atoms with Gasteiger partial charge in [-0.1, -0.05) is 31.2 Å². The Balaban J connectivity index is 1.88. The quantitative estimate of drug-likeness (QED) is 0.664. The second kappa shape index (κ2) is 8.09. The standard InChI is InChI=1S/C23H23NO5/c1-2-13-28-16-8-5-7-15(14-16)20-19-21(26)17-9-3-4-10-18(17)29-22(19)23(27)24(20)11-6-12-25/h3-5,7-10,14,20,25H,2,6,11-13H2,1H3. The van der Waals surface area contributed by atoms with Crippen LogP contribution in [0.4, 0.5) is 0 Å². The maximum Gasteiger partial charge on any atom is 0.290 e. The van der Waals surface area contributed by atoms with Crippen LogP contribution in [0.15, 0.2) is 57.7 Å². The van der Waals surface area contributed by atoms with Gasteiger partial charge in [0, 0.05) is 13.2 Å². The summed E-state index contributed by atoms with van der Waals surface area (Å²) in [4.78, 5) is 28.0. The zero-order valence-electron chi connectivity index (χ0n) is 16.3. The number of benzene rings is 2. The molecular weight excluding hydrogens is 370 g/mol. The summed E-state index contributed by atoms with van der Waals surface area (Å²) in [5, 5.41) is 9.74. The summed E-state index contributed by atoms with van der Waals surface area (Å²) >= 11 is 0. The molecule has 1 aliphatic heterocycles. The molecule has 3 aromatic rings. The van der Waals surface area contributed by atoms with Gasteiger partial charge in [0.25, 0.3) is 5.91 Å². The van der Waals surface area contributed by atoms with Crippen molar-refractivity contribution in [2.45, 2.75) is 25.8 Å². The number of hydrogen-bond donors (Lipinski definition) is 1. The first-order valence-electron chi connectivity index (χ1n) is 9.86. The number of ether oxygens (including phenoxy) is 1. The van der Waals surface area contributed by atoms with Gasteiger partial charge in [0.15, 0.2) is 5.43 Å². The van der Waals surface area contributed by atoms with Gasteiger partial charge in [-0.25, -0.2) is 0 Å². The Morgan fingerprint density at radius 1 is 1.14 bits per heavy atom. The lowest BCUT2D eigenvalue weighted by molar-refractivity contribution is 0.0716. The molecule has 29 heavy (non-hydrogen) atoms. The van der Waals surface area contributed by atoms with Gasteiger partial charge >= 0.3 is 0 Å². The Labute approximate surface area is 168 Å². The first-order chi connectivity index (χ1) is 14.2. The van der Waals surface area contributed by atoms with E-state index in [1.54, 1.807) is 29.2 Å². The van der Waals surface area contributed by atoms with Crippen LogP contribution in [0.1, 0.15) is 47.5 Å². The number of nitrogens with zero attached hydrogens (tertiary/aromatic N) is 1. The van der Waals surface area contributed by atoms with Crippen LogP contribution < -0.4 is 10.2 Å². The van der Waals surface area contributed by atoms with Crippen molar-refractivity contribution in [3.05, 3.63) is 75.6 Å². The zero-order chi connectivity index (χ0) is 20.4. The maximum absolute atomic E-state index is 13.3. The minimum absolute atomic E-state index is 0.0458. The molecule has 0 saturated carbocycles. The number of fused-ring (bicyclic) bond motifs is 2. The van der Waals surface area contributed by atoms with E-state index in [1.165, 1.54) is 0 Å². The molecule has 0 saturated heterocycles. The second-order valence-corrected chi connectivity index (χ2v) is 7.07. The summed E-state index contributed by atoms with van der Waals surface area (Å²) in [7, 11) is 0.